The fraction of sp³-hybridized carbons (Fsp3) is 0.438. The van der Waals surface area contributed by atoms with Crippen LogP contribution in [-0.4, -0.2) is 35.4 Å². The number of carbonyl (C=O) groups is 3. The maximum absolute atomic E-state index is 12.1. The van der Waals surface area contributed by atoms with Crippen molar-refractivity contribution >= 4 is 46.5 Å². The van der Waals surface area contributed by atoms with Crippen molar-refractivity contribution in [2.75, 3.05) is 18.7 Å². The Hall–Kier alpha value is -1.99. The van der Waals surface area contributed by atoms with Crippen molar-refractivity contribution in [2.45, 2.75) is 24.6 Å². The van der Waals surface area contributed by atoms with Crippen LogP contribution in [0.2, 0.25) is 0 Å². The lowest BCUT2D eigenvalue weighted by Gasteiger charge is -2.13. The van der Waals surface area contributed by atoms with Crippen molar-refractivity contribution in [3.05, 3.63) is 17.7 Å². The van der Waals surface area contributed by atoms with Crippen LogP contribution in [-0.2, 0) is 14.3 Å². The van der Waals surface area contributed by atoms with Crippen LogP contribution >= 0.6 is 23.2 Å². The van der Waals surface area contributed by atoms with Crippen LogP contribution in [0.25, 0.3) is 0 Å². The Labute approximate surface area is 153 Å². The van der Waals surface area contributed by atoms with E-state index in [2.05, 4.69) is 5.32 Å². The van der Waals surface area contributed by atoms with E-state index in [1.165, 1.54) is 19.1 Å². The molecule has 9 heteroatoms. The number of hydrogen-bond acceptors (Lipinski definition) is 6. The molecule has 1 saturated carbocycles. The number of amides is 1. The molecule has 0 saturated heterocycles. The van der Waals surface area contributed by atoms with E-state index in [-0.39, 0.29) is 30.2 Å². The lowest BCUT2D eigenvalue weighted by Crippen LogP contribution is -2.27. The number of benzene rings is 1. The molecular weight excluding hydrogens is 373 g/mol. The number of carbonyl (C=O) groups excluding carboxylic acids is 3. The van der Waals surface area contributed by atoms with E-state index in [1.807, 2.05) is 0 Å². The second kappa shape index (κ2) is 6.07. The van der Waals surface area contributed by atoms with Gasteiger partial charge in [0.2, 0.25) is 6.79 Å². The lowest BCUT2D eigenvalue weighted by atomic mass is 10.1. The molecule has 1 N–H and O–H groups in total. The first-order valence-corrected chi connectivity index (χ1v) is 8.19. The van der Waals surface area contributed by atoms with E-state index in [4.69, 9.17) is 37.4 Å². The second-order valence-electron chi connectivity index (χ2n) is 6.14. The number of fused-ring (bicyclic) bond motifs is 1. The van der Waals surface area contributed by atoms with Crippen LogP contribution < -0.4 is 14.8 Å². The Morgan fingerprint density at radius 2 is 1.84 bits per heavy atom. The summed E-state index contributed by atoms with van der Waals surface area (Å²) in [4.78, 5) is 35.8. The van der Waals surface area contributed by atoms with Crippen LogP contribution in [0.3, 0.4) is 0 Å². The van der Waals surface area contributed by atoms with Gasteiger partial charge in [-0.2, -0.15) is 0 Å². The summed E-state index contributed by atoms with van der Waals surface area (Å²) in [5, 5.41) is 2.53. The van der Waals surface area contributed by atoms with Gasteiger partial charge in [0, 0.05) is 18.1 Å². The number of rotatable bonds is 5. The normalized spacial score (nSPS) is 22.2. The summed E-state index contributed by atoms with van der Waals surface area (Å²) < 4.78 is 14.2. The SMILES string of the molecule is CC(=O)c1cc2c(cc1NC(=O)COC(=O)[C@@]1(C)CC1(Cl)Cl)OCO2. The molecular formula is C16H15Cl2NO6. The first-order chi connectivity index (χ1) is 11.6. The van der Waals surface area contributed by atoms with E-state index >= 15 is 0 Å². The Morgan fingerprint density at radius 1 is 1.24 bits per heavy atom. The smallest absolute Gasteiger partial charge is 0.315 e. The average Bonchev–Trinajstić information content (AvgIpc) is 2.86. The molecule has 0 bridgehead atoms. The van der Waals surface area contributed by atoms with Gasteiger partial charge in [0.05, 0.1) is 5.69 Å². The Balaban J connectivity index is 1.65. The summed E-state index contributed by atoms with van der Waals surface area (Å²) >= 11 is 11.8. The summed E-state index contributed by atoms with van der Waals surface area (Å²) in [6.07, 6.45) is 0.264. The molecule has 0 spiro atoms. The first-order valence-electron chi connectivity index (χ1n) is 7.43. The molecule has 25 heavy (non-hydrogen) atoms. The molecule has 2 aliphatic rings. The maximum atomic E-state index is 12.1. The van der Waals surface area contributed by atoms with Crippen LogP contribution in [0.15, 0.2) is 12.1 Å². The molecule has 1 aliphatic heterocycles. The summed E-state index contributed by atoms with van der Waals surface area (Å²) in [5.41, 5.74) is -0.502. The third-order valence-electron chi connectivity index (χ3n) is 4.21. The van der Waals surface area contributed by atoms with Gasteiger partial charge in [-0.1, -0.05) is 0 Å². The number of esters is 1. The zero-order valence-electron chi connectivity index (χ0n) is 13.5. The molecule has 1 atom stereocenters. The molecule has 0 unspecified atom stereocenters. The Morgan fingerprint density at radius 3 is 2.40 bits per heavy atom. The van der Waals surface area contributed by atoms with Gasteiger partial charge in [-0.3, -0.25) is 14.4 Å². The molecule has 3 rings (SSSR count). The van der Waals surface area contributed by atoms with E-state index in [0.29, 0.717) is 11.5 Å². The highest BCUT2D eigenvalue weighted by molar-refractivity contribution is 6.53. The summed E-state index contributed by atoms with van der Waals surface area (Å²) in [6.45, 7) is 2.45. The van der Waals surface area contributed by atoms with Crippen molar-refractivity contribution in [3.63, 3.8) is 0 Å². The molecule has 0 aromatic heterocycles. The number of Topliss-reactive ketones (excluding diaryl/α,β-unsaturated/α-hetero) is 1. The zero-order chi connectivity index (χ0) is 18.4. The third-order valence-corrected chi connectivity index (χ3v) is 5.31. The highest BCUT2D eigenvalue weighted by Gasteiger charge is 2.69. The maximum Gasteiger partial charge on any atom is 0.315 e. The highest BCUT2D eigenvalue weighted by atomic mass is 35.5. The number of nitrogens with one attached hydrogen (secondary N) is 1. The minimum atomic E-state index is -1.17. The van der Waals surface area contributed by atoms with Crippen molar-refractivity contribution in [2.24, 2.45) is 5.41 Å². The minimum absolute atomic E-state index is 0.0406. The van der Waals surface area contributed by atoms with Crippen molar-refractivity contribution in [1.82, 2.24) is 0 Å². The van der Waals surface area contributed by atoms with Gasteiger partial charge < -0.3 is 19.5 Å². The van der Waals surface area contributed by atoms with Crippen LogP contribution in [0.5, 0.6) is 11.5 Å². The van der Waals surface area contributed by atoms with E-state index in [1.54, 1.807) is 6.92 Å². The highest BCUT2D eigenvalue weighted by Crippen LogP contribution is 2.64. The molecule has 0 radical (unpaired) electrons. The van der Waals surface area contributed by atoms with Crippen molar-refractivity contribution < 1.29 is 28.6 Å². The molecule has 7 nitrogen and oxygen atoms in total. The second-order valence-corrected chi connectivity index (χ2v) is 7.63. The van der Waals surface area contributed by atoms with Gasteiger partial charge in [0.15, 0.2) is 23.9 Å². The van der Waals surface area contributed by atoms with Gasteiger partial charge in [0.1, 0.15) is 9.75 Å². The molecule has 1 heterocycles. The number of ketones is 1. The standard InChI is InChI=1S/C16H15Cl2NO6/c1-8(20)9-3-11-12(25-7-24-11)4-10(9)19-13(21)5-23-14(22)15(2)6-16(15,17)18/h3-4H,5-7H2,1-2H3,(H,19,21)/t15-/m1/s1. The van der Waals surface area contributed by atoms with Crippen LogP contribution in [0.4, 0.5) is 5.69 Å². The van der Waals surface area contributed by atoms with Gasteiger partial charge in [-0.05, 0) is 19.9 Å². The van der Waals surface area contributed by atoms with Gasteiger partial charge >= 0.3 is 5.97 Å². The first kappa shape index (κ1) is 17.8. The number of ether oxygens (including phenoxy) is 3. The quantitative estimate of drug-likeness (QED) is 0.474. The molecule has 1 aromatic carbocycles. The molecule has 1 aromatic rings. The third kappa shape index (κ3) is 3.26. The van der Waals surface area contributed by atoms with E-state index < -0.39 is 28.2 Å². The molecule has 1 aliphatic carbocycles. The topological polar surface area (TPSA) is 90.9 Å². The fourth-order valence-corrected chi connectivity index (χ4v) is 3.12. The largest absolute Gasteiger partial charge is 0.455 e. The van der Waals surface area contributed by atoms with Crippen LogP contribution in [0, 0.1) is 5.41 Å². The summed E-state index contributed by atoms with van der Waals surface area (Å²) in [5.74, 6) is -0.669. The predicted octanol–water partition coefficient (Wildman–Crippen LogP) is 2.68. The van der Waals surface area contributed by atoms with Crippen molar-refractivity contribution in [3.8, 4) is 11.5 Å². The number of hydrogen-bond donors (Lipinski definition) is 1. The Kier molecular flexibility index (Phi) is 4.33. The number of anilines is 1. The molecule has 1 fully saturated rings. The van der Waals surface area contributed by atoms with Gasteiger partial charge in [-0.15, -0.1) is 23.2 Å². The summed E-state index contributed by atoms with van der Waals surface area (Å²) in [7, 11) is 0. The van der Waals surface area contributed by atoms with Crippen LogP contribution in [0.1, 0.15) is 30.6 Å². The van der Waals surface area contributed by atoms with Gasteiger partial charge in [-0.25, -0.2) is 0 Å². The number of alkyl halides is 2. The monoisotopic (exact) mass is 387 g/mol. The van der Waals surface area contributed by atoms with E-state index in [0.717, 1.165) is 0 Å². The predicted molar refractivity (Wildman–Crippen MR) is 89.3 cm³/mol. The Bertz CT molecular complexity index is 778. The van der Waals surface area contributed by atoms with Gasteiger partial charge in [0.25, 0.3) is 5.91 Å². The number of halogens is 2. The average molecular weight is 388 g/mol. The zero-order valence-corrected chi connectivity index (χ0v) is 15.0. The van der Waals surface area contributed by atoms with Crippen molar-refractivity contribution in [1.29, 1.82) is 0 Å². The molecule has 1 amide bonds. The molecule has 134 valence electrons. The summed E-state index contributed by atoms with van der Waals surface area (Å²) in [6, 6.07) is 2.98. The fourth-order valence-electron chi connectivity index (χ4n) is 2.43. The van der Waals surface area contributed by atoms with E-state index in [9.17, 15) is 14.4 Å². The lowest BCUT2D eigenvalue weighted by molar-refractivity contribution is -0.152. The minimum Gasteiger partial charge on any atom is -0.455 e.